The van der Waals surface area contributed by atoms with Crippen LogP contribution >= 0.6 is 0 Å². The zero-order chi connectivity index (χ0) is 10.5. The summed E-state index contributed by atoms with van der Waals surface area (Å²) in [5.74, 6) is 0.366. The van der Waals surface area contributed by atoms with E-state index in [-0.39, 0.29) is 11.2 Å². The second kappa shape index (κ2) is 3.05. The molecule has 0 aromatic heterocycles. The van der Waals surface area contributed by atoms with E-state index in [2.05, 4.69) is 6.07 Å². The van der Waals surface area contributed by atoms with Crippen molar-refractivity contribution in [2.24, 2.45) is 5.73 Å². The number of benzene rings is 1. The Labute approximate surface area is 89.5 Å². The Morgan fingerprint density at radius 3 is 2.80 bits per heavy atom. The first-order valence-electron chi connectivity index (χ1n) is 5.76. The van der Waals surface area contributed by atoms with Gasteiger partial charge in [0.25, 0.3) is 0 Å². The van der Waals surface area contributed by atoms with Crippen molar-refractivity contribution in [2.45, 2.75) is 37.0 Å². The third-order valence-electron chi connectivity index (χ3n) is 4.13. The normalized spacial score (nSPS) is 26.4. The molecule has 0 saturated heterocycles. The Morgan fingerprint density at radius 2 is 2.13 bits per heavy atom. The third kappa shape index (κ3) is 1.24. The fourth-order valence-electron chi connectivity index (χ4n) is 3.07. The first-order chi connectivity index (χ1) is 7.27. The number of rotatable bonds is 1. The van der Waals surface area contributed by atoms with Gasteiger partial charge in [-0.25, -0.2) is 4.39 Å². The highest BCUT2D eigenvalue weighted by Gasteiger charge is 2.49. The van der Waals surface area contributed by atoms with Gasteiger partial charge in [-0.2, -0.15) is 0 Å². The van der Waals surface area contributed by atoms with Crippen molar-refractivity contribution in [1.82, 2.24) is 0 Å². The molecule has 1 nitrogen and oxygen atoms in total. The van der Waals surface area contributed by atoms with Crippen LogP contribution in [0.3, 0.4) is 0 Å². The second-order valence-corrected chi connectivity index (χ2v) is 4.96. The van der Waals surface area contributed by atoms with Crippen LogP contribution in [0, 0.1) is 5.82 Å². The van der Waals surface area contributed by atoms with E-state index in [9.17, 15) is 4.39 Å². The van der Waals surface area contributed by atoms with Crippen molar-refractivity contribution in [3.63, 3.8) is 0 Å². The Morgan fingerprint density at radius 1 is 1.33 bits per heavy atom. The smallest absolute Gasteiger partial charge is 0.127 e. The molecule has 2 aliphatic rings. The van der Waals surface area contributed by atoms with Gasteiger partial charge in [-0.05, 0) is 60.8 Å². The summed E-state index contributed by atoms with van der Waals surface area (Å²) in [4.78, 5) is 0. The maximum atomic E-state index is 13.9. The van der Waals surface area contributed by atoms with Crippen molar-refractivity contribution >= 4 is 0 Å². The van der Waals surface area contributed by atoms with Crippen LogP contribution in [0.5, 0.6) is 0 Å². The highest BCUT2D eigenvalue weighted by atomic mass is 19.1. The summed E-state index contributed by atoms with van der Waals surface area (Å²) in [6.45, 7) is 0.645. The third-order valence-corrected chi connectivity index (χ3v) is 4.13. The fraction of sp³-hybridized carbons (Fsp3) is 0.538. The first-order valence-corrected chi connectivity index (χ1v) is 5.76. The van der Waals surface area contributed by atoms with Crippen molar-refractivity contribution in [3.05, 3.63) is 35.1 Å². The van der Waals surface area contributed by atoms with Crippen LogP contribution in [0.2, 0.25) is 0 Å². The van der Waals surface area contributed by atoms with E-state index in [1.54, 1.807) is 6.07 Å². The number of hydrogen-bond donors (Lipinski definition) is 1. The molecule has 1 aromatic rings. The van der Waals surface area contributed by atoms with E-state index in [0.29, 0.717) is 12.5 Å². The van der Waals surface area contributed by atoms with Gasteiger partial charge in [-0.1, -0.05) is 12.1 Å². The topological polar surface area (TPSA) is 26.0 Å². The van der Waals surface area contributed by atoms with E-state index < -0.39 is 0 Å². The van der Waals surface area contributed by atoms with Gasteiger partial charge in [-0.15, -0.1) is 0 Å². The van der Waals surface area contributed by atoms with Crippen LogP contribution in [0.15, 0.2) is 18.2 Å². The molecule has 2 N–H and O–H groups in total. The van der Waals surface area contributed by atoms with Crippen LogP contribution in [0.1, 0.15) is 42.7 Å². The van der Waals surface area contributed by atoms with E-state index in [4.69, 9.17) is 5.73 Å². The molecule has 1 unspecified atom stereocenters. The van der Waals surface area contributed by atoms with E-state index in [0.717, 1.165) is 31.2 Å². The zero-order valence-electron chi connectivity index (χ0n) is 8.80. The molecule has 2 heteroatoms. The van der Waals surface area contributed by atoms with E-state index >= 15 is 0 Å². The molecule has 0 aliphatic heterocycles. The van der Waals surface area contributed by atoms with Crippen molar-refractivity contribution in [1.29, 1.82) is 0 Å². The molecule has 1 aromatic carbocycles. The maximum absolute atomic E-state index is 13.9. The van der Waals surface area contributed by atoms with Crippen LogP contribution in [-0.2, 0) is 5.41 Å². The minimum Gasteiger partial charge on any atom is -0.330 e. The lowest BCUT2D eigenvalue weighted by molar-refractivity contribution is 0.449. The molecule has 1 fully saturated rings. The highest BCUT2D eigenvalue weighted by Crippen LogP contribution is 2.58. The molecule has 1 saturated carbocycles. The summed E-state index contributed by atoms with van der Waals surface area (Å²) in [7, 11) is 0. The molecular weight excluding hydrogens is 189 g/mol. The summed E-state index contributed by atoms with van der Waals surface area (Å²) < 4.78 is 13.9. The number of fused-ring (bicyclic) bond motifs is 2. The Kier molecular flexibility index (Phi) is 1.90. The van der Waals surface area contributed by atoms with E-state index in [1.165, 1.54) is 5.56 Å². The maximum Gasteiger partial charge on any atom is 0.127 e. The average Bonchev–Trinajstić information content (AvgIpc) is 2.99. The molecule has 0 bridgehead atoms. The van der Waals surface area contributed by atoms with Gasteiger partial charge in [-0.3, -0.25) is 0 Å². The highest BCUT2D eigenvalue weighted by molar-refractivity contribution is 5.44. The molecule has 1 atom stereocenters. The standard InChI is InChI=1S/C13H16FN/c14-11-3-1-2-10-9(8-15)4-5-13(6-7-13)12(10)11/h1-3,9H,4-8,15H2. The van der Waals surface area contributed by atoms with Crippen molar-refractivity contribution in [2.75, 3.05) is 6.54 Å². The minimum atomic E-state index is -0.0110. The molecule has 0 amide bonds. The summed E-state index contributed by atoms with van der Waals surface area (Å²) in [5, 5.41) is 0. The van der Waals surface area contributed by atoms with Crippen LogP contribution < -0.4 is 5.73 Å². The Hall–Kier alpha value is -0.890. The summed E-state index contributed by atoms with van der Waals surface area (Å²) in [6.07, 6.45) is 4.59. The van der Waals surface area contributed by atoms with Crippen molar-refractivity contribution in [3.8, 4) is 0 Å². The molecule has 0 heterocycles. The van der Waals surface area contributed by atoms with E-state index in [1.807, 2.05) is 6.07 Å². The Balaban J connectivity index is 2.16. The van der Waals surface area contributed by atoms with Gasteiger partial charge in [0.15, 0.2) is 0 Å². The van der Waals surface area contributed by atoms with Gasteiger partial charge in [0.2, 0.25) is 0 Å². The minimum absolute atomic E-state index is 0.0110. The molecule has 2 aliphatic carbocycles. The number of nitrogens with two attached hydrogens (primary N) is 1. The van der Waals surface area contributed by atoms with Gasteiger partial charge in [0, 0.05) is 0 Å². The molecule has 3 rings (SSSR count). The number of halogens is 1. The lowest BCUT2D eigenvalue weighted by Crippen LogP contribution is -2.25. The van der Waals surface area contributed by atoms with Gasteiger partial charge in [0.05, 0.1) is 0 Å². The molecule has 0 radical (unpaired) electrons. The van der Waals surface area contributed by atoms with Crippen molar-refractivity contribution < 1.29 is 4.39 Å². The van der Waals surface area contributed by atoms with Crippen LogP contribution in [0.25, 0.3) is 0 Å². The average molecular weight is 205 g/mol. The summed E-state index contributed by atoms with van der Waals surface area (Å²) in [5.41, 5.74) is 8.13. The lowest BCUT2D eigenvalue weighted by atomic mass is 9.74. The quantitative estimate of drug-likeness (QED) is 0.749. The predicted molar refractivity (Wildman–Crippen MR) is 58.3 cm³/mol. The fourth-order valence-corrected chi connectivity index (χ4v) is 3.07. The zero-order valence-corrected chi connectivity index (χ0v) is 8.80. The van der Waals surface area contributed by atoms with Crippen LogP contribution in [-0.4, -0.2) is 6.54 Å². The number of hydrogen-bond acceptors (Lipinski definition) is 1. The molecule has 80 valence electrons. The summed E-state index contributed by atoms with van der Waals surface area (Å²) in [6, 6.07) is 5.48. The predicted octanol–water partition coefficient (Wildman–Crippen LogP) is 2.69. The SMILES string of the molecule is NCC1CCC2(CC2)c2c(F)cccc21. The van der Waals surface area contributed by atoms with Gasteiger partial charge in [0.1, 0.15) is 5.82 Å². The van der Waals surface area contributed by atoms with Crippen LogP contribution in [0.4, 0.5) is 4.39 Å². The first kappa shape index (κ1) is 9.34. The molecule has 1 spiro atoms. The van der Waals surface area contributed by atoms with Gasteiger partial charge < -0.3 is 5.73 Å². The monoisotopic (exact) mass is 205 g/mol. The largest absolute Gasteiger partial charge is 0.330 e. The molecule has 15 heavy (non-hydrogen) atoms. The van der Waals surface area contributed by atoms with Gasteiger partial charge >= 0.3 is 0 Å². The summed E-state index contributed by atoms with van der Waals surface area (Å²) >= 11 is 0. The lowest BCUT2D eigenvalue weighted by Gasteiger charge is -2.31. The second-order valence-electron chi connectivity index (χ2n) is 4.96. The molecular formula is C13H16FN. The Bertz CT molecular complexity index is 396.